The van der Waals surface area contributed by atoms with Crippen molar-refractivity contribution in [1.82, 2.24) is 19.7 Å². The molecule has 2 heterocycles. The summed E-state index contributed by atoms with van der Waals surface area (Å²) in [6.07, 6.45) is -4.35. The van der Waals surface area contributed by atoms with Crippen molar-refractivity contribution in [2.24, 2.45) is 0 Å². The number of fused-ring (bicyclic) bond motifs is 1. The van der Waals surface area contributed by atoms with E-state index in [2.05, 4.69) is 36.3 Å². The van der Waals surface area contributed by atoms with Gasteiger partial charge in [0.05, 0.1) is 11.6 Å². The number of hydrogen-bond acceptors (Lipinski definition) is 5. The lowest BCUT2D eigenvalue weighted by molar-refractivity contribution is -0.117. The van der Waals surface area contributed by atoms with Crippen LogP contribution in [0, 0.1) is 5.82 Å². The van der Waals surface area contributed by atoms with Gasteiger partial charge in [0, 0.05) is 9.86 Å². The van der Waals surface area contributed by atoms with Crippen molar-refractivity contribution in [3.05, 3.63) is 57.1 Å². The molecule has 1 amide bonds. The Morgan fingerprint density at radius 3 is 2.68 bits per heavy atom. The van der Waals surface area contributed by atoms with Gasteiger partial charge in [-0.3, -0.25) is 9.59 Å². The Bertz CT molecular complexity index is 1110. The van der Waals surface area contributed by atoms with Crippen molar-refractivity contribution in [1.29, 1.82) is 0 Å². The molecule has 1 unspecified atom stereocenters. The Morgan fingerprint density at radius 1 is 1.25 bits per heavy atom. The van der Waals surface area contributed by atoms with E-state index < -0.39 is 47.9 Å². The van der Waals surface area contributed by atoms with Gasteiger partial charge in [-0.05, 0) is 18.2 Å². The second-order valence-electron chi connectivity index (χ2n) is 5.54. The first-order valence-electron chi connectivity index (χ1n) is 7.65. The van der Waals surface area contributed by atoms with Gasteiger partial charge in [-0.25, -0.2) is 32.2 Å². The second-order valence-corrected chi connectivity index (χ2v) is 6.46. The number of anilines is 1. The van der Waals surface area contributed by atoms with Crippen LogP contribution in [-0.2, 0) is 11.3 Å². The van der Waals surface area contributed by atoms with E-state index in [4.69, 9.17) is 0 Å². The number of amides is 1. The van der Waals surface area contributed by atoms with Crippen LogP contribution in [0.4, 0.5) is 23.4 Å². The Hall–Kier alpha value is -2.89. The molecule has 0 fully saturated rings. The quantitative estimate of drug-likeness (QED) is 0.592. The zero-order valence-corrected chi connectivity index (χ0v) is 15.3. The van der Waals surface area contributed by atoms with Gasteiger partial charge < -0.3 is 5.32 Å². The summed E-state index contributed by atoms with van der Waals surface area (Å²) in [6.45, 7) is -0.767. The molecule has 0 saturated heterocycles. The SMILES string of the molecule is O=C(Cn1nc(C(F)C(F)F)c2cc(Br)ccc2c1=O)Nc1ncncc1F. The van der Waals surface area contributed by atoms with Crippen molar-refractivity contribution >= 4 is 38.4 Å². The molecule has 1 aromatic carbocycles. The van der Waals surface area contributed by atoms with Gasteiger partial charge in [-0.15, -0.1) is 0 Å². The standard InChI is InChI=1S/C16H10BrF4N5O2/c17-7-1-2-8-9(3-7)13(12(19)14(20)21)25-26(16(8)28)5-11(27)24-15-10(18)4-22-6-23-15/h1-4,6,12,14H,5H2,(H,22,23,24,27). The number of nitrogens with one attached hydrogen (secondary N) is 1. The topological polar surface area (TPSA) is 89.8 Å². The van der Waals surface area contributed by atoms with Crippen molar-refractivity contribution in [2.45, 2.75) is 19.1 Å². The number of halogens is 5. The van der Waals surface area contributed by atoms with Crippen molar-refractivity contribution in [3.8, 4) is 0 Å². The van der Waals surface area contributed by atoms with E-state index in [1.54, 1.807) is 0 Å². The Labute approximate surface area is 162 Å². The van der Waals surface area contributed by atoms with Gasteiger partial charge in [0.2, 0.25) is 12.1 Å². The van der Waals surface area contributed by atoms with Crippen LogP contribution in [0.15, 0.2) is 40.0 Å². The molecule has 0 aliphatic rings. The zero-order valence-electron chi connectivity index (χ0n) is 13.7. The Balaban J connectivity index is 2.02. The molecule has 1 atom stereocenters. The van der Waals surface area contributed by atoms with Crippen molar-refractivity contribution < 1.29 is 22.4 Å². The number of aromatic nitrogens is 4. The summed E-state index contributed by atoms with van der Waals surface area (Å²) in [5.74, 6) is -2.27. The van der Waals surface area contributed by atoms with E-state index in [-0.39, 0.29) is 10.8 Å². The predicted octanol–water partition coefficient (Wildman–Crippen LogP) is 3.00. The molecule has 0 radical (unpaired) electrons. The molecular formula is C16H10BrF4N5O2. The summed E-state index contributed by atoms with van der Waals surface area (Å²) in [7, 11) is 0. The van der Waals surface area contributed by atoms with Crippen LogP contribution >= 0.6 is 15.9 Å². The third-order valence-electron chi connectivity index (χ3n) is 3.65. The molecule has 3 aromatic rings. The maximum absolute atomic E-state index is 14.1. The van der Waals surface area contributed by atoms with Crippen LogP contribution < -0.4 is 10.9 Å². The van der Waals surface area contributed by atoms with Crippen LogP contribution in [0.1, 0.15) is 11.9 Å². The van der Waals surface area contributed by atoms with Gasteiger partial charge in [0.1, 0.15) is 18.6 Å². The number of carbonyl (C=O) groups excluding carboxylic acids is 1. The van der Waals surface area contributed by atoms with Gasteiger partial charge in [-0.1, -0.05) is 15.9 Å². The number of rotatable bonds is 5. The minimum atomic E-state index is -3.38. The molecule has 0 aliphatic carbocycles. The van der Waals surface area contributed by atoms with Gasteiger partial charge >= 0.3 is 0 Å². The largest absolute Gasteiger partial charge is 0.307 e. The second kappa shape index (κ2) is 8.00. The molecule has 0 saturated carbocycles. The first-order chi connectivity index (χ1) is 13.3. The van der Waals surface area contributed by atoms with E-state index in [0.29, 0.717) is 9.15 Å². The molecule has 0 spiro atoms. The van der Waals surface area contributed by atoms with Crippen LogP contribution in [0.5, 0.6) is 0 Å². The highest BCUT2D eigenvalue weighted by Gasteiger charge is 2.27. The fourth-order valence-electron chi connectivity index (χ4n) is 2.43. The first-order valence-corrected chi connectivity index (χ1v) is 8.45. The smallest absolute Gasteiger partial charge is 0.275 e. The highest BCUT2D eigenvalue weighted by atomic mass is 79.9. The molecule has 0 bridgehead atoms. The highest BCUT2D eigenvalue weighted by molar-refractivity contribution is 9.10. The first kappa shape index (κ1) is 19.9. The fourth-order valence-corrected chi connectivity index (χ4v) is 2.79. The number of hydrogen-bond donors (Lipinski definition) is 1. The maximum Gasteiger partial charge on any atom is 0.275 e. The number of carbonyl (C=O) groups is 1. The van der Waals surface area contributed by atoms with E-state index >= 15 is 0 Å². The molecule has 2 aromatic heterocycles. The Morgan fingerprint density at radius 2 is 2.00 bits per heavy atom. The predicted molar refractivity (Wildman–Crippen MR) is 94.2 cm³/mol. The minimum absolute atomic E-state index is 0.0995. The molecule has 12 heteroatoms. The molecule has 146 valence electrons. The van der Waals surface area contributed by atoms with E-state index in [9.17, 15) is 27.2 Å². The summed E-state index contributed by atoms with van der Waals surface area (Å²) >= 11 is 3.12. The van der Waals surface area contributed by atoms with E-state index in [1.807, 2.05) is 0 Å². The van der Waals surface area contributed by atoms with E-state index in [0.717, 1.165) is 12.5 Å². The molecule has 0 aliphatic heterocycles. The number of nitrogens with zero attached hydrogens (tertiary/aromatic N) is 4. The lowest BCUT2D eigenvalue weighted by Gasteiger charge is -2.14. The average molecular weight is 460 g/mol. The minimum Gasteiger partial charge on any atom is -0.307 e. The van der Waals surface area contributed by atoms with Gasteiger partial charge in [0.15, 0.2) is 11.6 Å². The van der Waals surface area contributed by atoms with Gasteiger partial charge in [0.25, 0.3) is 12.0 Å². The van der Waals surface area contributed by atoms with Crippen molar-refractivity contribution in [2.75, 3.05) is 5.32 Å². The lowest BCUT2D eigenvalue weighted by atomic mass is 10.1. The van der Waals surface area contributed by atoms with Crippen molar-refractivity contribution in [3.63, 3.8) is 0 Å². The van der Waals surface area contributed by atoms with E-state index in [1.165, 1.54) is 18.2 Å². The van der Waals surface area contributed by atoms with Crippen LogP contribution in [0.25, 0.3) is 10.8 Å². The summed E-state index contributed by atoms with van der Waals surface area (Å²) < 4.78 is 54.4. The molecule has 7 nitrogen and oxygen atoms in total. The van der Waals surface area contributed by atoms with Crippen LogP contribution in [-0.4, -0.2) is 32.1 Å². The summed E-state index contributed by atoms with van der Waals surface area (Å²) in [5.41, 5.74) is -1.49. The summed E-state index contributed by atoms with van der Waals surface area (Å²) in [5, 5.41) is 5.50. The maximum atomic E-state index is 14.1. The summed E-state index contributed by atoms with van der Waals surface area (Å²) in [6, 6.07) is 4.04. The molecule has 28 heavy (non-hydrogen) atoms. The molecule has 3 rings (SSSR count). The lowest BCUT2D eigenvalue weighted by Crippen LogP contribution is -2.31. The van der Waals surface area contributed by atoms with Gasteiger partial charge in [-0.2, -0.15) is 5.10 Å². The number of benzene rings is 1. The third kappa shape index (κ3) is 4.01. The zero-order chi connectivity index (χ0) is 20.4. The average Bonchev–Trinajstić information content (AvgIpc) is 2.65. The summed E-state index contributed by atoms with van der Waals surface area (Å²) in [4.78, 5) is 31.6. The third-order valence-corrected chi connectivity index (χ3v) is 4.15. The number of alkyl halides is 3. The fraction of sp³-hybridized carbons (Fsp3) is 0.188. The highest BCUT2D eigenvalue weighted by Crippen LogP contribution is 2.29. The Kier molecular flexibility index (Phi) is 5.68. The van der Waals surface area contributed by atoms with Crippen LogP contribution in [0.2, 0.25) is 0 Å². The molecular weight excluding hydrogens is 450 g/mol. The monoisotopic (exact) mass is 459 g/mol. The van der Waals surface area contributed by atoms with Crippen LogP contribution in [0.3, 0.4) is 0 Å². The molecule has 1 N–H and O–H groups in total. The normalized spacial score (nSPS) is 12.4.